The first-order valence-electron chi connectivity index (χ1n) is 9.57. The van der Waals surface area contributed by atoms with Gasteiger partial charge < -0.3 is 0 Å². The molecule has 0 amide bonds. The van der Waals surface area contributed by atoms with E-state index >= 15 is 0 Å². The predicted octanol–water partition coefficient (Wildman–Crippen LogP) is 4.66. The fourth-order valence-electron chi connectivity index (χ4n) is 7.36. The normalized spacial score (nSPS) is 52.6. The second kappa shape index (κ2) is 4.11. The van der Waals surface area contributed by atoms with Gasteiger partial charge in [0, 0.05) is 22.7 Å². The van der Waals surface area contributed by atoms with Crippen molar-refractivity contribution in [3.63, 3.8) is 0 Å². The van der Waals surface area contributed by atoms with Crippen molar-refractivity contribution in [1.82, 2.24) is 0 Å². The molecule has 2 nitrogen and oxygen atoms in total. The predicted molar refractivity (Wildman–Crippen MR) is 90.8 cm³/mol. The van der Waals surface area contributed by atoms with Gasteiger partial charge in [0.25, 0.3) is 0 Å². The van der Waals surface area contributed by atoms with Crippen molar-refractivity contribution in [1.29, 1.82) is 0 Å². The van der Waals surface area contributed by atoms with Crippen LogP contribution in [0.25, 0.3) is 0 Å². The first-order chi connectivity index (χ1) is 10.5. The molecule has 0 aromatic heterocycles. The van der Waals surface area contributed by atoms with Gasteiger partial charge in [-0.3, -0.25) is 9.59 Å². The molecule has 23 heavy (non-hydrogen) atoms. The van der Waals surface area contributed by atoms with Crippen LogP contribution in [0, 0.1) is 45.3 Å². The number of ketones is 2. The maximum atomic E-state index is 13.1. The van der Waals surface area contributed by atoms with Crippen LogP contribution in [0.1, 0.15) is 73.6 Å². The van der Waals surface area contributed by atoms with Gasteiger partial charge in [-0.15, -0.1) is 0 Å². The quantitative estimate of drug-likeness (QED) is 0.742. The van der Waals surface area contributed by atoms with Crippen LogP contribution in [0.4, 0.5) is 0 Å². The minimum absolute atomic E-state index is 0.106. The lowest BCUT2D eigenvalue weighted by Gasteiger charge is -2.32. The molecule has 4 saturated carbocycles. The van der Waals surface area contributed by atoms with Gasteiger partial charge in [-0.25, -0.2) is 0 Å². The Morgan fingerprint density at radius 2 is 1.09 bits per heavy atom. The van der Waals surface area contributed by atoms with Gasteiger partial charge in [0.15, 0.2) is 0 Å². The summed E-state index contributed by atoms with van der Waals surface area (Å²) in [5.74, 6) is 2.19. The number of Topliss-reactive ketones (excluding diaryl/α,β-unsaturated/α-hetero) is 2. The van der Waals surface area contributed by atoms with Crippen LogP contribution in [0.15, 0.2) is 0 Å². The first kappa shape index (κ1) is 15.8. The highest BCUT2D eigenvalue weighted by molar-refractivity contribution is 5.94. The molecule has 4 fully saturated rings. The highest BCUT2D eigenvalue weighted by Gasteiger charge is 2.70. The molecule has 0 heterocycles. The number of hydrogen-bond acceptors (Lipinski definition) is 2. The Bertz CT molecular complexity index is 549. The van der Waals surface area contributed by atoms with Crippen molar-refractivity contribution in [2.24, 2.45) is 45.3 Å². The van der Waals surface area contributed by atoms with Gasteiger partial charge in [-0.05, 0) is 54.8 Å². The molecular weight excluding hydrogens is 284 g/mol. The van der Waals surface area contributed by atoms with Crippen molar-refractivity contribution < 1.29 is 9.59 Å². The molecule has 0 saturated heterocycles. The highest BCUT2D eigenvalue weighted by Crippen LogP contribution is 2.70. The van der Waals surface area contributed by atoms with E-state index in [4.69, 9.17) is 0 Å². The number of carbonyl (C=O) groups is 2. The van der Waals surface area contributed by atoms with Gasteiger partial charge in [0.1, 0.15) is 11.6 Å². The topological polar surface area (TPSA) is 34.1 Å². The summed E-state index contributed by atoms with van der Waals surface area (Å²) in [6, 6.07) is 0. The molecule has 4 aliphatic rings. The van der Waals surface area contributed by atoms with Crippen LogP contribution in [0.3, 0.4) is 0 Å². The monoisotopic (exact) mass is 316 g/mol. The van der Waals surface area contributed by atoms with Crippen LogP contribution in [-0.2, 0) is 9.59 Å². The zero-order valence-electron chi connectivity index (χ0n) is 15.7. The first-order valence-corrected chi connectivity index (χ1v) is 9.57. The number of hydrogen-bond donors (Lipinski definition) is 0. The summed E-state index contributed by atoms with van der Waals surface area (Å²) in [5, 5.41) is 0. The molecule has 0 radical (unpaired) electrons. The minimum Gasteiger partial charge on any atom is -0.299 e. The van der Waals surface area contributed by atoms with Crippen molar-refractivity contribution in [2.75, 3.05) is 0 Å². The molecule has 0 aromatic rings. The summed E-state index contributed by atoms with van der Waals surface area (Å²) in [6.07, 6.45) is 5.28. The molecule has 4 bridgehead atoms. The van der Waals surface area contributed by atoms with E-state index in [2.05, 4.69) is 41.5 Å². The fourth-order valence-corrected chi connectivity index (χ4v) is 7.36. The molecule has 4 aliphatic carbocycles. The average molecular weight is 316 g/mol. The van der Waals surface area contributed by atoms with Gasteiger partial charge in [-0.2, -0.15) is 0 Å². The molecule has 0 aliphatic heterocycles. The summed E-state index contributed by atoms with van der Waals surface area (Å²) >= 11 is 0. The van der Waals surface area contributed by atoms with Gasteiger partial charge in [0.05, 0.1) is 0 Å². The standard InChI is InChI=1S/C21H32O2/c1-18(2)14-7-9-20(18,5)16(22)12(14)11-13-15-8-10-21(6,17(13)23)19(15,3)4/h12-15H,7-11H2,1-6H3/t12-,13-,14+,15+,20+,21+/m1/s1. The molecule has 0 unspecified atom stereocenters. The van der Waals surface area contributed by atoms with E-state index in [-0.39, 0.29) is 33.5 Å². The van der Waals surface area contributed by atoms with Crippen LogP contribution < -0.4 is 0 Å². The third kappa shape index (κ3) is 1.48. The van der Waals surface area contributed by atoms with E-state index in [0.717, 1.165) is 19.3 Å². The second-order valence-corrected chi connectivity index (χ2v) is 10.6. The summed E-state index contributed by atoms with van der Waals surface area (Å²) < 4.78 is 0. The fraction of sp³-hybridized carbons (Fsp3) is 0.905. The van der Waals surface area contributed by atoms with Crippen molar-refractivity contribution in [3.8, 4) is 0 Å². The minimum atomic E-state index is -0.150. The van der Waals surface area contributed by atoms with Gasteiger partial charge in [-0.1, -0.05) is 41.5 Å². The molecular formula is C21H32O2. The Kier molecular flexibility index (Phi) is 2.83. The lowest BCUT2D eigenvalue weighted by Crippen LogP contribution is -2.36. The lowest BCUT2D eigenvalue weighted by molar-refractivity contribution is -0.134. The van der Waals surface area contributed by atoms with Crippen molar-refractivity contribution in [2.45, 2.75) is 73.6 Å². The third-order valence-electron chi connectivity index (χ3n) is 9.85. The average Bonchev–Trinajstić information content (AvgIpc) is 2.93. The summed E-state index contributed by atoms with van der Waals surface area (Å²) in [4.78, 5) is 26.3. The summed E-state index contributed by atoms with van der Waals surface area (Å²) in [5.41, 5.74) is -0.0888. The SMILES string of the molecule is CC1(C)[C@H]2CC[C@@]1(C)C(=O)[C@@H]2C[C@H]1C(=O)[C@]2(C)CC[C@@H]1C2(C)C. The summed E-state index contributed by atoms with van der Waals surface area (Å²) in [7, 11) is 0. The Balaban J connectivity index is 1.64. The Morgan fingerprint density at radius 1 is 0.739 bits per heavy atom. The van der Waals surface area contributed by atoms with Gasteiger partial charge >= 0.3 is 0 Å². The molecule has 6 atom stereocenters. The molecule has 0 N–H and O–H groups in total. The lowest BCUT2D eigenvalue weighted by atomic mass is 9.70. The van der Waals surface area contributed by atoms with Crippen molar-refractivity contribution >= 4 is 11.6 Å². The zero-order chi connectivity index (χ0) is 17.0. The van der Waals surface area contributed by atoms with E-state index in [1.54, 1.807) is 0 Å². The highest BCUT2D eigenvalue weighted by atomic mass is 16.1. The van der Waals surface area contributed by atoms with E-state index in [9.17, 15) is 9.59 Å². The van der Waals surface area contributed by atoms with Crippen molar-refractivity contribution in [3.05, 3.63) is 0 Å². The van der Waals surface area contributed by atoms with Crippen LogP contribution >= 0.6 is 0 Å². The smallest absolute Gasteiger partial charge is 0.142 e. The Morgan fingerprint density at radius 3 is 1.35 bits per heavy atom. The number of rotatable bonds is 2. The summed E-state index contributed by atoms with van der Waals surface area (Å²) in [6.45, 7) is 13.5. The van der Waals surface area contributed by atoms with Crippen LogP contribution in [0.2, 0.25) is 0 Å². The Hall–Kier alpha value is -0.660. The molecule has 0 aromatic carbocycles. The second-order valence-electron chi connectivity index (χ2n) is 10.6. The maximum Gasteiger partial charge on any atom is 0.142 e. The van der Waals surface area contributed by atoms with E-state index in [1.165, 1.54) is 12.8 Å². The molecule has 0 spiro atoms. The van der Waals surface area contributed by atoms with E-state index < -0.39 is 0 Å². The van der Waals surface area contributed by atoms with E-state index in [0.29, 0.717) is 23.4 Å². The van der Waals surface area contributed by atoms with Crippen LogP contribution in [-0.4, -0.2) is 11.6 Å². The largest absolute Gasteiger partial charge is 0.299 e. The molecule has 4 rings (SSSR count). The zero-order valence-corrected chi connectivity index (χ0v) is 15.7. The van der Waals surface area contributed by atoms with Gasteiger partial charge in [0.2, 0.25) is 0 Å². The third-order valence-corrected chi connectivity index (χ3v) is 9.85. The number of fused-ring (bicyclic) bond motifs is 4. The number of carbonyl (C=O) groups excluding carboxylic acids is 2. The Labute approximate surface area is 140 Å². The molecule has 2 heteroatoms. The van der Waals surface area contributed by atoms with Crippen LogP contribution in [0.5, 0.6) is 0 Å². The van der Waals surface area contributed by atoms with E-state index in [1.807, 2.05) is 0 Å². The maximum absolute atomic E-state index is 13.1. The molecule has 128 valence electrons.